The van der Waals surface area contributed by atoms with E-state index in [-0.39, 0.29) is 29.7 Å². The molecule has 0 aliphatic carbocycles. The zero-order valence-corrected chi connectivity index (χ0v) is 13.8. The number of nitrogens with one attached hydrogen (secondary N) is 1. The Morgan fingerprint density at radius 3 is 2.74 bits per heavy atom. The third-order valence-corrected chi connectivity index (χ3v) is 4.22. The highest BCUT2D eigenvalue weighted by molar-refractivity contribution is 5.89. The van der Waals surface area contributed by atoms with Crippen LogP contribution in [-0.2, 0) is 16.1 Å². The van der Waals surface area contributed by atoms with E-state index < -0.39 is 0 Å². The van der Waals surface area contributed by atoms with Crippen LogP contribution in [0.2, 0.25) is 0 Å². The number of hydrogen-bond donors (Lipinski definition) is 1. The second-order valence-electron chi connectivity index (χ2n) is 7.04. The van der Waals surface area contributed by atoms with Gasteiger partial charge in [-0.2, -0.15) is 0 Å². The Balaban J connectivity index is 1.60. The summed E-state index contributed by atoms with van der Waals surface area (Å²) in [5, 5.41) is 3.90. The Bertz CT molecular complexity index is 709. The molecular formula is C18H22N2O3. The van der Waals surface area contributed by atoms with Crippen molar-refractivity contribution in [2.24, 2.45) is 5.92 Å². The first-order valence-corrected chi connectivity index (χ1v) is 7.90. The maximum absolute atomic E-state index is 12.3. The molecule has 0 spiro atoms. The molecule has 5 nitrogen and oxygen atoms in total. The third kappa shape index (κ3) is 3.23. The molecule has 1 aromatic carbocycles. The van der Waals surface area contributed by atoms with Gasteiger partial charge in [0.2, 0.25) is 11.8 Å². The summed E-state index contributed by atoms with van der Waals surface area (Å²) in [6, 6.07) is 9.67. The Hall–Kier alpha value is -2.30. The first kappa shape index (κ1) is 15.6. The lowest BCUT2D eigenvalue weighted by molar-refractivity contribution is -0.132. The second kappa shape index (κ2) is 5.72. The average Bonchev–Trinajstić information content (AvgIpc) is 3.07. The summed E-state index contributed by atoms with van der Waals surface area (Å²) in [7, 11) is 0. The van der Waals surface area contributed by atoms with Crippen LogP contribution >= 0.6 is 0 Å². The SMILES string of the molecule is CC(C)(C)N1CC(C(=O)NCc2cc3ccccc3o2)CC1=O. The fourth-order valence-electron chi connectivity index (χ4n) is 2.97. The number of benzene rings is 1. The zero-order valence-electron chi connectivity index (χ0n) is 13.8. The van der Waals surface area contributed by atoms with E-state index in [0.29, 0.717) is 13.1 Å². The molecule has 1 aromatic heterocycles. The van der Waals surface area contributed by atoms with Gasteiger partial charge in [-0.1, -0.05) is 18.2 Å². The summed E-state index contributed by atoms with van der Waals surface area (Å²) in [4.78, 5) is 26.2. The average molecular weight is 314 g/mol. The number of nitrogens with zero attached hydrogens (tertiary/aromatic N) is 1. The Morgan fingerprint density at radius 1 is 1.35 bits per heavy atom. The minimum absolute atomic E-state index is 0.0430. The zero-order chi connectivity index (χ0) is 16.6. The van der Waals surface area contributed by atoms with E-state index in [1.54, 1.807) is 4.90 Å². The molecule has 1 unspecified atom stereocenters. The first-order chi connectivity index (χ1) is 10.8. The van der Waals surface area contributed by atoms with Gasteiger partial charge in [0.25, 0.3) is 0 Å². The number of amides is 2. The summed E-state index contributed by atoms with van der Waals surface area (Å²) in [6.45, 7) is 6.78. The Kier molecular flexibility index (Phi) is 3.88. The van der Waals surface area contributed by atoms with E-state index in [0.717, 1.165) is 16.7 Å². The molecule has 122 valence electrons. The molecule has 0 radical (unpaired) electrons. The highest BCUT2D eigenvalue weighted by atomic mass is 16.3. The molecule has 1 aliphatic rings. The number of carbonyl (C=O) groups excluding carboxylic acids is 2. The van der Waals surface area contributed by atoms with Crippen LogP contribution in [0.4, 0.5) is 0 Å². The van der Waals surface area contributed by atoms with Gasteiger partial charge in [0.05, 0.1) is 12.5 Å². The predicted octanol–water partition coefficient (Wildman–Crippen LogP) is 2.70. The fraction of sp³-hybridized carbons (Fsp3) is 0.444. The van der Waals surface area contributed by atoms with Gasteiger partial charge in [-0.05, 0) is 32.9 Å². The summed E-state index contributed by atoms with van der Waals surface area (Å²) in [6.07, 6.45) is 0.281. The summed E-state index contributed by atoms with van der Waals surface area (Å²) in [5.74, 6) is 0.384. The van der Waals surface area contributed by atoms with Crippen molar-refractivity contribution in [2.75, 3.05) is 6.54 Å². The van der Waals surface area contributed by atoms with E-state index in [1.807, 2.05) is 51.1 Å². The van der Waals surface area contributed by atoms with Crippen molar-refractivity contribution in [3.8, 4) is 0 Å². The van der Waals surface area contributed by atoms with Crippen LogP contribution in [0.25, 0.3) is 11.0 Å². The topological polar surface area (TPSA) is 62.6 Å². The molecule has 1 saturated heterocycles. The van der Waals surface area contributed by atoms with Crippen LogP contribution < -0.4 is 5.32 Å². The standard InChI is InChI=1S/C18H22N2O3/c1-18(2,3)20-11-13(9-16(20)21)17(22)19-10-14-8-12-6-4-5-7-15(12)23-14/h4-8,13H,9-11H2,1-3H3,(H,19,22). The minimum Gasteiger partial charge on any atom is -0.459 e. The fourth-order valence-corrected chi connectivity index (χ4v) is 2.97. The smallest absolute Gasteiger partial charge is 0.225 e. The second-order valence-corrected chi connectivity index (χ2v) is 7.04. The van der Waals surface area contributed by atoms with Crippen molar-refractivity contribution in [2.45, 2.75) is 39.3 Å². The molecular weight excluding hydrogens is 292 g/mol. The molecule has 1 N–H and O–H groups in total. The van der Waals surface area contributed by atoms with E-state index in [2.05, 4.69) is 5.32 Å². The van der Waals surface area contributed by atoms with Crippen molar-refractivity contribution < 1.29 is 14.0 Å². The molecule has 1 aliphatic heterocycles. The lowest BCUT2D eigenvalue weighted by Gasteiger charge is -2.31. The first-order valence-electron chi connectivity index (χ1n) is 7.90. The molecule has 1 fully saturated rings. The number of hydrogen-bond acceptors (Lipinski definition) is 3. The van der Waals surface area contributed by atoms with Crippen LogP contribution in [0.15, 0.2) is 34.7 Å². The van der Waals surface area contributed by atoms with Gasteiger partial charge in [0.15, 0.2) is 0 Å². The Morgan fingerprint density at radius 2 is 2.09 bits per heavy atom. The van der Waals surface area contributed by atoms with Gasteiger partial charge < -0.3 is 14.6 Å². The van der Waals surface area contributed by atoms with Gasteiger partial charge in [-0.15, -0.1) is 0 Å². The molecule has 0 bridgehead atoms. The predicted molar refractivity (Wildman–Crippen MR) is 87.6 cm³/mol. The van der Waals surface area contributed by atoms with Gasteiger partial charge in [-0.3, -0.25) is 9.59 Å². The largest absolute Gasteiger partial charge is 0.459 e. The highest BCUT2D eigenvalue weighted by Gasteiger charge is 2.39. The van der Waals surface area contributed by atoms with Crippen molar-refractivity contribution in [3.05, 3.63) is 36.1 Å². The normalized spacial score (nSPS) is 18.7. The van der Waals surface area contributed by atoms with Gasteiger partial charge in [-0.25, -0.2) is 0 Å². The van der Waals surface area contributed by atoms with Crippen LogP contribution in [-0.4, -0.2) is 28.8 Å². The van der Waals surface area contributed by atoms with Crippen LogP contribution in [0.1, 0.15) is 33.0 Å². The number of carbonyl (C=O) groups is 2. The van der Waals surface area contributed by atoms with E-state index in [4.69, 9.17) is 4.42 Å². The molecule has 2 amide bonds. The van der Waals surface area contributed by atoms with Crippen LogP contribution in [0.3, 0.4) is 0 Å². The van der Waals surface area contributed by atoms with Crippen molar-refractivity contribution in [3.63, 3.8) is 0 Å². The number of rotatable bonds is 3. The molecule has 0 saturated carbocycles. The monoisotopic (exact) mass is 314 g/mol. The lowest BCUT2D eigenvalue weighted by atomic mass is 10.1. The molecule has 3 rings (SSSR count). The molecule has 5 heteroatoms. The van der Waals surface area contributed by atoms with Gasteiger partial charge in [0, 0.05) is 23.9 Å². The van der Waals surface area contributed by atoms with E-state index in [9.17, 15) is 9.59 Å². The minimum atomic E-state index is -0.286. The number of likely N-dealkylation sites (tertiary alicyclic amines) is 1. The number of para-hydroxylation sites is 1. The molecule has 2 aromatic rings. The van der Waals surface area contributed by atoms with Gasteiger partial charge >= 0.3 is 0 Å². The highest BCUT2D eigenvalue weighted by Crippen LogP contribution is 2.26. The summed E-state index contributed by atoms with van der Waals surface area (Å²) in [5.41, 5.74) is 0.567. The van der Waals surface area contributed by atoms with Crippen molar-refractivity contribution in [1.29, 1.82) is 0 Å². The number of furan rings is 1. The van der Waals surface area contributed by atoms with Crippen molar-refractivity contribution >= 4 is 22.8 Å². The summed E-state index contributed by atoms with van der Waals surface area (Å²) < 4.78 is 5.69. The van der Waals surface area contributed by atoms with E-state index in [1.165, 1.54) is 0 Å². The summed E-state index contributed by atoms with van der Waals surface area (Å²) >= 11 is 0. The van der Waals surface area contributed by atoms with E-state index >= 15 is 0 Å². The van der Waals surface area contributed by atoms with Gasteiger partial charge in [0.1, 0.15) is 11.3 Å². The lowest BCUT2D eigenvalue weighted by Crippen LogP contribution is -2.43. The van der Waals surface area contributed by atoms with Crippen LogP contribution in [0, 0.1) is 5.92 Å². The maximum atomic E-state index is 12.3. The number of fused-ring (bicyclic) bond motifs is 1. The molecule has 2 heterocycles. The Labute approximate surface area is 135 Å². The molecule has 1 atom stereocenters. The third-order valence-electron chi connectivity index (χ3n) is 4.22. The quantitative estimate of drug-likeness (QED) is 0.947. The van der Waals surface area contributed by atoms with Crippen LogP contribution in [0.5, 0.6) is 0 Å². The van der Waals surface area contributed by atoms with Crippen molar-refractivity contribution in [1.82, 2.24) is 10.2 Å². The molecule has 23 heavy (non-hydrogen) atoms. The maximum Gasteiger partial charge on any atom is 0.225 e.